The molecule has 1 aliphatic heterocycles. The summed E-state index contributed by atoms with van der Waals surface area (Å²) in [6.45, 7) is 3.85. The lowest BCUT2D eigenvalue weighted by molar-refractivity contribution is -0.153. The highest BCUT2D eigenvalue weighted by atomic mass is 16.6. The first-order chi connectivity index (χ1) is 5.63. The van der Waals surface area contributed by atoms with Gasteiger partial charge in [-0.3, -0.25) is 9.59 Å². The molecule has 0 aliphatic carbocycles. The van der Waals surface area contributed by atoms with Gasteiger partial charge >= 0.3 is 11.9 Å². The molecular formula is C9H12O3. The lowest BCUT2D eigenvalue weighted by Crippen LogP contribution is -2.07. The van der Waals surface area contributed by atoms with E-state index in [1.165, 1.54) is 0 Å². The van der Waals surface area contributed by atoms with E-state index in [0.717, 1.165) is 5.57 Å². The molecule has 1 unspecified atom stereocenters. The molecule has 1 aliphatic rings. The van der Waals surface area contributed by atoms with E-state index in [4.69, 9.17) is 0 Å². The Morgan fingerprint density at radius 3 is 2.75 bits per heavy atom. The van der Waals surface area contributed by atoms with Gasteiger partial charge in [-0.2, -0.15) is 0 Å². The summed E-state index contributed by atoms with van der Waals surface area (Å²) < 4.78 is 4.41. The number of allylic oxidation sites excluding steroid dienone is 2. The summed E-state index contributed by atoms with van der Waals surface area (Å²) >= 11 is 0. The SMILES string of the molecule is C/C=C(\C)CC1CC(=O)OC1=O. The van der Waals surface area contributed by atoms with Crippen molar-refractivity contribution in [2.24, 2.45) is 5.92 Å². The zero-order chi connectivity index (χ0) is 9.14. The van der Waals surface area contributed by atoms with E-state index in [2.05, 4.69) is 4.74 Å². The lowest BCUT2D eigenvalue weighted by Gasteiger charge is -2.02. The maximum Gasteiger partial charge on any atom is 0.317 e. The summed E-state index contributed by atoms with van der Waals surface area (Å²) in [6.07, 6.45) is 2.82. The maximum atomic E-state index is 11.0. The first kappa shape index (κ1) is 8.97. The fourth-order valence-corrected chi connectivity index (χ4v) is 1.18. The summed E-state index contributed by atoms with van der Waals surface area (Å²) in [5, 5.41) is 0. The fraction of sp³-hybridized carbons (Fsp3) is 0.556. The number of rotatable bonds is 2. The minimum absolute atomic E-state index is 0.240. The van der Waals surface area contributed by atoms with Crippen molar-refractivity contribution in [1.82, 2.24) is 0 Å². The molecule has 12 heavy (non-hydrogen) atoms. The highest BCUT2D eigenvalue weighted by Crippen LogP contribution is 2.22. The molecule has 0 amide bonds. The van der Waals surface area contributed by atoms with Crippen LogP contribution in [0.1, 0.15) is 26.7 Å². The predicted molar refractivity (Wildman–Crippen MR) is 43.3 cm³/mol. The average Bonchev–Trinajstić information content (AvgIpc) is 2.30. The summed E-state index contributed by atoms with van der Waals surface area (Å²) in [6, 6.07) is 0. The molecule has 0 radical (unpaired) electrons. The molecule has 0 aromatic heterocycles. The van der Waals surface area contributed by atoms with Crippen LogP contribution >= 0.6 is 0 Å². The van der Waals surface area contributed by atoms with Gasteiger partial charge < -0.3 is 4.74 Å². The van der Waals surface area contributed by atoms with Crippen LogP contribution < -0.4 is 0 Å². The van der Waals surface area contributed by atoms with Gasteiger partial charge in [-0.1, -0.05) is 11.6 Å². The van der Waals surface area contributed by atoms with Crippen molar-refractivity contribution >= 4 is 11.9 Å². The van der Waals surface area contributed by atoms with Crippen LogP contribution in [0.5, 0.6) is 0 Å². The molecule has 3 heteroatoms. The molecule has 0 N–H and O–H groups in total. The van der Waals surface area contributed by atoms with Crippen molar-refractivity contribution in [2.75, 3.05) is 0 Å². The third-order valence-electron chi connectivity index (χ3n) is 2.02. The van der Waals surface area contributed by atoms with Crippen LogP contribution in [0.2, 0.25) is 0 Å². The molecule has 66 valence electrons. The van der Waals surface area contributed by atoms with Gasteiger partial charge in [0, 0.05) is 0 Å². The van der Waals surface area contributed by atoms with Gasteiger partial charge in [-0.25, -0.2) is 0 Å². The average molecular weight is 168 g/mol. The van der Waals surface area contributed by atoms with E-state index in [-0.39, 0.29) is 18.3 Å². The smallest absolute Gasteiger partial charge is 0.317 e. The standard InChI is InChI=1S/C9H12O3/c1-3-6(2)4-7-5-8(10)12-9(7)11/h3,7H,4-5H2,1-2H3/b6-3+. The maximum absolute atomic E-state index is 11.0. The van der Waals surface area contributed by atoms with Crippen molar-refractivity contribution in [3.8, 4) is 0 Å². The van der Waals surface area contributed by atoms with Crippen molar-refractivity contribution < 1.29 is 14.3 Å². The van der Waals surface area contributed by atoms with Gasteiger partial charge in [0.2, 0.25) is 0 Å². The summed E-state index contributed by atoms with van der Waals surface area (Å²) in [4.78, 5) is 21.6. The number of hydrogen-bond acceptors (Lipinski definition) is 3. The number of esters is 2. The highest BCUT2D eigenvalue weighted by molar-refractivity contribution is 5.94. The van der Waals surface area contributed by atoms with E-state index in [1.54, 1.807) is 0 Å². The summed E-state index contributed by atoms with van der Waals surface area (Å²) in [5.41, 5.74) is 1.12. The number of ether oxygens (including phenoxy) is 1. The van der Waals surface area contributed by atoms with Crippen LogP contribution in [0, 0.1) is 5.92 Å². The molecule has 1 atom stereocenters. The van der Waals surface area contributed by atoms with Crippen LogP contribution in [0.15, 0.2) is 11.6 Å². The normalized spacial score (nSPS) is 24.5. The van der Waals surface area contributed by atoms with E-state index in [1.807, 2.05) is 19.9 Å². The highest BCUT2D eigenvalue weighted by Gasteiger charge is 2.32. The third-order valence-corrected chi connectivity index (χ3v) is 2.02. The van der Waals surface area contributed by atoms with Crippen LogP contribution in [0.3, 0.4) is 0 Å². The zero-order valence-electron chi connectivity index (χ0n) is 7.29. The van der Waals surface area contributed by atoms with Crippen LogP contribution in [-0.2, 0) is 14.3 Å². The molecule has 1 heterocycles. The molecule has 0 spiro atoms. The molecule has 1 saturated heterocycles. The van der Waals surface area contributed by atoms with E-state index < -0.39 is 5.97 Å². The minimum atomic E-state index is -0.395. The minimum Gasteiger partial charge on any atom is -0.393 e. The number of carbonyl (C=O) groups excluding carboxylic acids is 2. The Balaban J connectivity index is 2.54. The van der Waals surface area contributed by atoms with Gasteiger partial charge in [0.1, 0.15) is 0 Å². The predicted octanol–water partition coefficient (Wildman–Crippen LogP) is 1.43. The second kappa shape index (κ2) is 3.52. The van der Waals surface area contributed by atoms with Crippen molar-refractivity contribution in [2.45, 2.75) is 26.7 Å². The number of hydrogen-bond donors (Lipinski definition) is 0. The Morgan fingerprint density at radius 1 is 1.67 bits per heavy atom. The van der Waals surface area contributed by atoms with Gasteiger partial charge in [-0.15, -0.1) is 0 Å². The van der Waals surface area contributed by atoms with E-state index in [9.17, 15) is 9.59 Å². The molecule has 0 bridgehead atoms. The van der Waals surface area contributed by atoms with Crippen molar-refractivity contribution in [3.63, 3.8) is 0 Å². The summed E-state index contributed by atoms with van der Waals surface area (Å²) in [7, 11) is 0. The second-order valence-corrected chi connectivity index (χ2v) is 3.03. The fourth-order valence-electron chi connectivity index (χ4n) is 1.18. The molecule has 3 nitrogen and oxygen atoms in total. The monoisotopic (exact) mass is 168 g/mol. The molecule has 0 aromatic rings. The molecular weight excluding hydrogens is 156 g/mol. The zero-order valence-corrected chi connectivity index (χ0v) is 7.29. The topological polar surface area (TPSA) is 43.4 Å². The number of cyclic esters (lactones) is 2. The third kappa shape index (κ3) is 1.94. The Bertz CT molecular complexity index is 240. The lowest BCUT2D eigenvalue weighted by atomic mass is 9.99. The van der Waals surface area contributed by atoms with Crippen molar-refractivity contribution in [1.29, 1.82) is 0 Å². The molecule has 1 fully saturated rings. The number of carbonyl (C=O) groups is 2. The van der Waals surface area contributed by atoms with Crippen LogP contribution in [0.4, 0.5) is 0 Å². The largest absolute Gasteiger partial charge is 0.393 e. The summed E-state index contributed by atoms with van der Waals surface area (Å²) in [5.74, 6) is -1.01. The molecule has 1 rings (SSSR count). The Morgan fingerprint density at radius 2 is 2.33 bits per heavy atom. The quantitative estimate of drug-likeness (QED) is 0.356. The van der Waals surface area contributed by atoms with Crippen molar-refractivity contribution in [3.05, 3.63) is 11.6 Å². The van der Waals surface area contributed by atoms with Gasteiger partial charge in [0.15, 0.2) is 0 Å². The van der Waals surface area contributed by atoms with Gasteiger partial charge in [0.25, 0.3) is 0 Å². The second-order valence-electron chi connectivity index (χ2n) is 3.03. The van der Waals surface area contributed by atoms with Gasteiger partial charge in [0.05, 0.1) is 12.3 Å². The van der Waals surface area contributed by atoms with Crippen LogP contribution in [-0.4, -0.2) is 11.9 Å². The molecule has 0 saturated carbocycles. The Labute approximate surface area is 71.4 Å². The molecule has 0 aromatic carbocycles. The Hall–Kier alpha value is -1.12. The van der Waals surface area contributed by atoms with E-state index >= 15 is 0 Å². The first-order valence-electron chi connectivity index (χ1n) is 3.99. The first-order valence-corrected chi connectivity index (χ1v) is 3.99. The Kier molecular flexibility index (Phi) is 2.63. The van der Waals surface area contributed by atoms with Gasteiger partial charge in [-0.05, 0) is 20.3 Å². The van der Waals surface area contributed by atoms with E-state index in [0.29, 0.717) is 6.42 Å². The van der Waals surface area contributed by atoms with Crippen LogP contribution in [0.25, 0.3) is 0 Å².